The highest BCUT2D eigenvalue weighted by atomic mass is 32.2. The molecule has 7 nitrogen and oxygen atoms in total. The first-order chi connectivity index (χ1) is 8.18. The second kappa shape index (κ2) is 7.32. The van der Waals surface area contributed by atoms with Crippen LogP contribution in [0.5, 0.6) is 0 Å². The molecule has 0 rings (SSSR count). The van der Waals surface area contributed by atoms with Crippen LogP contribution < -0.4 is 10.0 Å². The van der Waals surface area contributed by atoms with E-state index in [2.05, 4.69) is 10.0 Å². The smallest absolute Gasteiger partial charge is 0.304 e. The fraction of sp³-hybridized carbons (Fsp3) is 0.800. The van der Waals surface area contributed by atoms with Gasteiger partial charge in [-0.05, 0) is 12.3 Å². The number of carboxylic acid groups (broad SMARTS) is 1. The predicted molar refractivity (Wildman–Crippen MR) is 66.5 cm³/mol. The normalized spacial score (nSPS) is 13.3. The molecule has 0 saturated carbocycles. The molecule has 1 amide bonds. The number of rotatable bonds is 8. The van der Waals surface area contributed by atoms with Gasteiger partial charge in [0.25, 0.3) is 0 Å². The van der Waals surface area contributed by atoms with E-state index in [9.17, 15) is 18.0 Å². The van der Waals surface area contributed by atoms with Crippen molar-refractivity contribution in [3.63, 3.8) is 0 Å². The van der Waals surface area contributed by atoms with Crippen LogP contribution in [0.25, 0.3) is 0 Å². The predicted octanol–water partition coefficient (Wildman–Crippen LogP) is -0.459. The van der Waals surface area contributed by atoms with Crippen molar-refractivity contribution in [2.24, 2.45) is 5.92 Å². The summed E-state index contributed by atoms with van der Waals surface area (Å²) in [6, 6.07) is -0.867. The SMILES string of the molecule is CNC(=O)C(CC(C)C)NS(=O)(=O)CCC(=O)O. The fourth-order valence-electron chi connectivity index (χ4n) is 1.35. The Kier molecular flexibility index (Phi) is 6.85. The Bertz CT molecular complexity index is 391. The number of hydrogen-bond donors (Lipinski definition) is 3. The van der Waals surface area contributed by atoms with Crippen LogP contribution in [0, 0.1) is 5.92 Å². The van der Waals surface area contributed by atoms with Gasteiger partial charge in [0.2, 0.25) is 15.9 Å². The number of aliphatic carboxylic acids is 1. The van der Waals surface area contributed by atoms with Gasteiger partial charge in [0.1, 0.15) is 6.04 Å². The number of hydrogen-bond acceptors (Lipinski definition) is 4. The third-order valence-electron chi connectivity index (χ3n) is 2.18. The maximum atomic E-state index is 11.6. The van der Waals surface area contributed by atoms with Crippen molar-refractivity contribution in [3.05, 3.63) is 0 Å². The summed E-state index contributed by atoms with van der Waals surface area (Å²) in [6.45, 7) is 3.73. The van der Waals surface area contributed by atoms with Gasteiger partial charge >= 0.3 is 5.97 Å². The first kappa shape index (κ1) is 16.9. The Morgan fingerprint density at radius 3 is 2.22 bits per heavy atom. The first-order valence-corrected chi connectivity index (χ1v) is 7.26. The van der Waals surface area contributed by atoms with Crippen LogP contribution in [0.15, 0.2) is 0 Å². The van der Waals surface area contributed by atoms with Gasteiger partial charge in [0.05, 0.1) is 12.2 Å². The average Bonchev–Trinajstić information content (AvgIpc) is 2.23. The topological polar surface area (TPSA) is 113 Å². The minimum atomic E-state index is -3.77. The number of carbonyl (C=O) groups is 2. The number of carbonyl (C=O) groups excluding carboxylic acids is 1. The average molecular weight is 280 g/mol. The molecule has 106 valence electrons. The molecular weight excluding hydrogens is 260 g/mol. The van der Waals surface area contributed by atoms with Crippen LogP contribution in [0.1, 0.15) is 26.7 Å². The van der Waals surface area contributed by atoms with E-state index >= 15 is 0 Å². The van der Waals surface area contributed by atoms with Gasteiger partial charge in [0, 0.05) is 7.05 Å². The molecule has 0 aliphatic heterocycles. The summed E-state index contributed by atoms with van der Waals surface area (Å²) in [5.41, 5.74) is 0. The Morgan fingerprint density at radius 2 is 1.83 bits per heavy atom. The van der Waals surface area contributed by atoms with E-state index in [1.54, 1.807) is 0 Å². The van der Waals surface area contributed by atoms with Crippen LogP contribution in [-0.2, 0) is 19.6 Å². The number of amides is 1. The lowest BCUT2D eigenvalue weighted by Crippen LogP contribution is -2.47. The van der Waals surface area contributed by atoms with Gasteiger partial charge in [-0.3, -0.25) is 9.59 Å². The van der Waals surface area contributed by atoms with Crippen molar-refractivity contribution in [1.29, 1.82) is 0 Å². The number of carboxylic acids is 1. The number of sulfonamides is 1. The first-order valence-electron chi connectivity index (χ1n) is 5.61. The molecule has 8 heteroatoms. The lowest BCUT2D eigenvalue weighted by molar-refractivity contribution is -0.136. The Labute approximate surface area is 107 Å². The van der Waals surface area contributed by atoms with Gasteiger partial charge in [-0.1, -0.05) is 13.8 Å². The molecule has 0 aliphatic rings. The van der Waals surface area contributed by atoms with Gasteiger partial charge in [-0.15, -0.1) is 0 Å². The van der Waals surface area contributed by atoms with Crippen molar-refractivity contribution in [1.82, 2.24) is 10.0 Å². The molecular formula is C10H20N2O5S. The van der Waals surface area contributed by atoms with Crippen LogP contribution in [0.4, 0.5) is 0 Å². The van der Waals surface area contributed by atoms with Crippen LogP contribution >= 0.6 is 0 Å². The summed E-state index contributed by atoms with van der Waals surface area (Å²) < 4.78 is 25.4. The molecule has 3 N–H and O–H groups in total. The Morgan fingerprint density at radius 1 is 1.28 bits per heavy atom. The summed E-state index contributed by atoms with van der Waals surface area (Å²) in [5, 5.41) is 10.8. The molecule has 0 fully saturated rings. The van der Waals surface area contributed by atoms with Crippen LogP contribution in [0.2, 0.25) is 0 Å². The van der Waals surface area contributed by atoms with E-state index in [0.717, 1.165) is 0 Å². The molecule has 0 spiro atoms. The highest BCUT2D eigenvalue weighted by Crippen LogP contribution is 2.06. The van der Waals surface area contributed by atoms with Crippen molar-refractivity contribution in [3.8, 4) is 0 Å². The second-order valence-corrected chi connectivity index (χ2v) is 6.25. The molecule has 0 aliphatic carbocycles. The molecule has 0 aromatic rings. The minimum absolute atomic E-state index is 0.134. The molecule has 0 saturated heterocycles. The van der Waals surface area contributed by atoms with E-state index in [1.165, 1.54) is 7.05 Å². The molecule has 0 aromatic heterocycles. The molecule has 18 heavy (non-hydrogen) atoms. The zero-order valence-electron chi connectivity index (χ0n) is 10.8. The minimum Gasteiger partial charge on any atom is -0.481 e. The summed E-state index contributed by atoms with van der Waals surface area (Å²) in [4.78, 5) is 21.8. The molecule has 1 atom stereocenters. The monoisotopic (exact) mass is 280 g/mol. The van der Waals surface area contributed by atoms with E-state index in [0.29, 0.717) is 6.42 Å². The van der Waals surface area contributed by atoms with Crippen LogP contribution in [-0.4, -0.2) is 44.2 Å². The zero-order chi connectivity index (χ0) is 14.3. The Balaban J connectivity index is 4.65. The van der Waals surface area contributed by atoms with Crippen LogP contribution in [0.3, 0.4) is 0 Å². The number of nitrogens with one attached hydrogen (secondary N) is 2. The van der Waals surface area contributed by atoms with Gasteiger partial charge in [-0.2, -0.15) is 0 Å². The van der Waals surface area contributed by atoms with E-state index in [1.807, 2.05) is 13.8 Å². The van der Waals surface area contributed by atoms with E-state index < -0.39 is 40.1 Å². The Hall–Kier alpha value is -1.15. The highest BCUT2D eigenvalue weighted by molar-refractivity contribution is 7.89. The molecule has 0 aromatic carbocycles. The van der Waals surface area contributed by atoms with Crippen molar-refractivity contribution < 1.29 is 23.1 Å². The lowest BCUT2D eigenvalue weighted by atomic mass is 10.0. The van der Waals surface area contributed by atoms with Gasteiger partial charge in [0.15, 0.2) is 0 Å². The summed E-state index contributed by atoms with van der Waals surface area (Å²) in [5.74, 6) is -2.02. The zero-order valence-corrected chi connectivity index (χ0v) is 11.6. The van der Waals surface area contributed by atoms with Gasteiger partial charge < -0.3 is 10.4 Å². The summed E-state index contributed by atoms with van der Waals surface area (Å²) in [7, 11) is -2.35. The van der Waals surface area contributed by atoms with E-state index in [4.69, 9.17) is 5.11 Å². The largest absolute Gasteiger partial charge is 0.481 e. The third-order valence-corrected chi connectivity index (χ3v) is 3.56. The highest BCUT2D eigenvalue weighted by Gasteiger charge is 2.24. The van der Waals surface area contributed by atoms with Crippen molar-refractivity contribution in [2.45, 2.75) is 32.7 Å². The summed E-state index contributed by atoms with van der Waals surface area (Å²) in [6.07, 6.45) is -0.135. The summed E-state index contributed by atoms with van der Waals surface area (Å²) >= 11 is 0. The molecule has 1 unspecified atom stereocenters. The maximum absolute atomic E-state index is 11.6. The second-order valence-electron chi connectivity index (χ2n) is 4.38. The van der Waals surface area contributed by atoms with Crippen molar-refractivity contribution in [2.75, 3.05) is 12.8 Å². The number of likely N-dealkylation sites (N-methyl/N-ethyl adjacent to an activating group) is 1. The maximum Gasteiger partial charge on any atom is 0.304 e. The quantitative estimate of drug-likeness (QED) is 0.557. The third kappa shape index (κ3) is 7.23. The standard InChI is InChI=1S/C10H20N2O5S/c1-7(2)6-8(10(15)11-3)12-18(16,17)5-4-9(13)14/h7-8,12H,4-6H2,1-3H3,(H,11,15)(H,13,14). The molecule has 0 bridgehead atoms. The van der Waals surface area contributed by atoms with Crippen molar-refractivity contribution >= 4 is 21.9 Å². The van der Waals surface area contributed by atoms with E-state index in [-0.39, 0.29) is 5.92 Å². The molecule has 0 heterocycles. The fourth-order valence-corrected chi connectivity index (χ4v) is 2.55. The molecule has 0 radical (unpaired) electrons. The van der Waals surface area contributed by atoms with Gasteiger partial charge in [-0.25, -0.2) is 13.1 Å². The lowest BCUT2D eigenvalue weighted by Gasteiger charge is -2.18.